The van der Waals surface area contributed by atoms with Crippen LogP contribution in [0.2, 0.25) is 15.1 Å². The molecule has 0 aliphatic rings. The predicted molar refractivity (Wildman–Crippen MR) is 83.6 cm³/mol. The number of hydrogen-bond acceptors (Lipinski definition) is 1. The first-order chi connectivity index (χ1) is 8.99. The number of carbonyl (C=O) groups is 1. The molecule has 19 heavy (non-hydrogen) atoms. The van der Waals surface area contributed by atoms with Crippen LogP contribution >= 0.6 is 50.7 Å². The van der Waals surface area contributed by atoms with Crippen molar-refractivity contribution in [3.8, 4) is 0 Å². The van der Waals surface area contributed by atoms with Crippen molar-refractivity contribution in [1.82, 2.24) is 0 Å². The number of amides is 1. The van der Waals surface area contributed by atoms with E-state index in [2.05, 4.69) is 21.2 Å². The van der Waals surface area contributed by atoms with Gasteiger partial charge in [-0.15, -0.1) is 0 Å². The van der Waals surface area contributed by atoms with E-state index in [9.17, 15) is 4.79 Å². The fourth-order valence-electron chi connectivity index (χ4n) is 1.46. The van der Waals surface area contributed by atoms with Gasteiger partial charge in [0.1, 0.15) is 0 Å². The minimum atomic E-state index is -0.298. The Morgan fingerprint density at radius 2 is 1.84 bits per heavy atom. The molecule has 0 aliphatic heterocycles. The molecule has 2 aromatic carbocycles. The highest BCUT2D eigenvalue weighted by atomic mass is 79.9. The Balaban J connectivity index is 2.28. The number of nitrogens with one attached hydrogen (secondary N) is 1. The first-order valence-corrected chi connectivity index (χ1v) is 7.12. The number of halogens is 4. The summed E-state index contributed by atoms with van der Waals surface area (Å²) in [5.74, 6) is -0.298. The van der Waals surface area contributed by atoms with E-state index in [1.807, 2.05) is 0 Å². The standard InChI is InChI=1S/C13H7BrCl3NO/c14-9-6-7(15)4-5-8(9)13(19)18-11-3-1-2-10(16)12(11)17/h1-6H,(H,18,19). The molecule has 0 spiro atoms. The molecule has 0 bridgehead atoms. The average Bonchev–Trinajstić information content (AvgIpc) is 2.34. The second-order valence-electron chi connectivity index (χ2n) is 3.68. The number of hydrogen-bond donors (Lipinski definition) is 1. The summed E-state index contributed by atoms with van der Waals surface area (Å²) in [6.07, 6.45) is 0. The number of anilines is 1. The van der Waals surface area contributed by atoms with Crippen molar-refractivity contribution in [3.05, 3.63) is 61.5 Å². The van der Waals surface area contributed by atoms with Gasteiger partial charge in [0, 0.05) is 9.50 Å². The van der Waals surface area contributed by atoms with E-state index >= 15 is 0 Å². The Hall–Kier alpha value is -0.740. The lowest BCUT2D eigenvalue weighted by Gasteiger charge is -2.09. The van der Waals surface area contributed by atoms with Gasteiger partial charge in [-0.1, -0.05) is 40.9 Å². The van der Waals surface area contributed by atoms with E-state index in [0.717, 1.165) is 0 Å². The van der Waals surface area contributed by atoms with Crippen molar-refractivity contribution in [3.63, 3.8) is 0 Å². The highest BCUT2D eigenvalue weighted by Crippen LogP contribution is 2.30. The lowest BCUT2D eigenvalue weighted by Crippen LogP contribution is -2.12. The normalized spacial score (nSPS) is 10.3. The van der Waals surface area contributed by atoms with Gasteiger partial charge in [-0.05, 0) is 46.3 Å². The minimum absolute atomic E-state index is 0.298. The van der Waals surface area contributed by atoms with Gasteiger partial charge < -0.3 is 5.32 Å². The molecule has 0 aliphatic carbocycles. The number of rotatable bonds is 2. The maximum Gasteiger partial charge on any atom is 0.256 e. The van der Waals surface area contributed by atoms with Crippen LogP contribution in [0.5, 0.6) is 0 Å². The molecule has 0 radical (unpaired) electrons. The molecule has 0 atom stereocenters. The summed E-state index contributed by atoms with van der Waals surface area (Å²) >= 11 is 21.0. The lowest BCUT2D eigenvalue weighted by atomic mass is 10.2. The van der Waals surface area contributed by atoms with Crippen molar-refractivity contribution < 1.29 is 4.79 Å². The maximum atomic E-state index is 12.1. The maximum absolute atomic E-state index is 12.1. The van der Waals surface area contributed by atoms with Gasteiger partial charge >= 0.3 is 0 Å². The van der Waals surface area contributed by atoms with Crippen molar-refractivity contribution >= 4 is 62.3 Å². The zero-order valence-corrected chi connectivity index (χ0v) is 13.2. The van der Waals surface area contributed by atoms with Crippen molar-refractivity contribution in [2.45, 2.75) is 0 Å². The molecule has 0 fully saturated rings. The van der Waals surface area contributed by atoms with Gasteiger partial charge in [-0.25, -0.2) is 0 Å². The molecule has 2 aromatic rings. The molecule has 0 heterocycles. The Morgan fingerprint density at radius 3 is 2.53 bits per heavy atom. The molecule has 6 heteroatoms. The predicted octanol–water partition coefficient (Wildman–Crippen LogP) is 5.66. The van der Waals surface area contributed by atoms with Gasteiger partial charge in [0.15, 0.2) is 0 Å². The van der Waals surface area contributed by atoms with Crippen LogP contribution in [0, 0.1) is 0 Å². The monoisotopic (exact) mass is 377 g/mol. The first-order valence-electron chi connectivity index (χ1n) is 5.19. The number of carbonyl (C=O) groups excluding carboxylic acids is 1. The van der Waals surface area contributed by atoms with Gasteiger partial charge in [-0.3, -0.25) is 4.79 Å². The largest absolute Gasteiger partial charge is 0.321 e. The van der Waals surface area contributed by atoms with Crippen LogP contribution in [-0.4, -0.2) is 5.91 Å². The summed E-state index contributed by atoms with van der Waals surface area (Å²) in [5, 5.41) is 3.94. The zero-order valence-electron chi connectivity index (χ0n) is 9.38. The van der Waals surface area contributed by atoms with E-state index in [4.69, 9.17) is 34.8 Å². The molecule has 2 rings (SSSR count). The van der Waals surface area contributed by atoms with Crippen molar-refractivity contribution in [2.75, 3.05) is 5.32 Å². The van der Waals surface area contributed by atoms with E-state index in [0.29, 0.717) is 30.8 Å². The first kappa shape index (κ1) is 14.7. The molecule has 0 unspecified atom stereocenters. The van der Waals surface area contributed by atoms with Crippen LogP contribution in [0.3, 0.4) is 0 Å². The van der Waals surface area contributed by atoms with Crippen molar-refractivity contribution in [1.29, 1.82) is 0 Å². The topological polar surface area (TPSA) is 29.1 Å². The smallest absolute Gasteiger partial charge is 0.256 e. The molecule has 0 saturated carbocycles. The van der Waals surface area contributed by atoms with Gasteiger partial charge in [0.05, 0.1) is 21.3 Å². The minimum Gasteiger partial charge on any atom is -0.321 e. The SMILES string of the molecule is O=C(Nc1cccc(Cl)c1Cl)c1ccc(Cl)cc1Br. The molecule has 2 nitrogen and oxygen atoms in total. The Bertz CT molecular complexity index is 646. The number of benzene rings is 2. The molecular formula is C13H7BrCl3NO. The average molecular weight is 379 g/mol. The van der Waals surface area contributed by atoms with Crippen LogP contribution in [0.1, 0.15) is 10.4 Å². The third kappa shape index (κ3) is 3.42. The quantitative estimate of drug-likeness (QED) is 0.716. The van der Waals surface area contributed by atoms with Crippen LogP contribution in [0.15, 0.2) is 40.9 Å². The fourth-order valence-corrected chi connectivity index (χ4v) is 2.67. The van der Waals surface area contributed by atoms with E-state index < -0.39 is 0 Å². The van der Waals surface area contributed by atoms with E-state index in [-0.39, 0.29) is 5.91 Å². The summed E-state index contributed by atoms with van der Waals surface area (Å²) in [4.78, 5) is 12.1. The zero-order chi connectivity index (χ0) is 14.0. The van der Waals surface area contributed by atoms with Gasteiger partial charge in [-0.2, -0.15) is 0 Å². The fraction of sp³-hybridized carbons (Fsp3) is 0. The van der Waals surface area contributed by atoms with Crippen molar-refractivity contribution in [2.24, 2.45) is 0 Å². The Kier molecular flexibility index (Phi) is 4.74. The van der Waals surface area contributed by atoms with E-state index in [1.165, 1.54) is 0 Å². The highest BCUT2D eigenvalue weighted by molar-refractivity contribution is 9.10. The van der Waals surface area contributed by atoms with Crippen LogP contribution in [0.25, 0.3) is 0 Å². The van der Waals surface area contributed by atoms with Crippen LogP contribution < -0.4 is 5.32 Å². The second kappa shape index (κ2) is 6.14. The molecule has 98 valence electrons. The molecular weight excluding hydrogens is 372 g/mol. The molecule has 1 N–H and O–H groups in total. The molecule has 0 aromatic heterocycles. The Labute approximate surface area is 133 Å². The third-order valence-electron chi connectivity index (χ3n) is 2.38. The molecule has 0 saturated heterocycles. The third-order valence-corrected chi connectivity index (χ3v) is 4.09. The van der Waals surface area contributed by atoms with E-state index in [1.54, 1.807) is 36.4 Å². The highest BCUT2D eigenvalue weighted by Gasteiger charge is 2.13. The van der Waals surface area contributed by atoms with Crippen LogP contribution in [0.4, 0.5) is 5.69 Å². The second-order valence-corrected chi connectivity index (χ2v) is 5.76. The Morgan fingerprint density at radius 1 is 1.11 bits per heavy atom. The summed E-state index contributed by atoms with van der Waals surface area (Å²) in [6, 6.07) is 9.95. The van der Waals surface area contributed by atoms with Crippen LogP contribution in [-0.2, 0) is 0 Å². The summed E-state index contributed by atoms with van der Waals surface area (Å²) in [7, 11) is 0. The summed E-state index contributed by atoms with van der Waals surface area (Å²) < 4.78 is 0.607. The van der Waals surface area contributed by atoms with Gasteiger partial charge in [0.2, 0.25) is 0 Å². The molecule has 1 amide bonds. The summed E-state index contributed by atoms with van der Waals surface area (Å²) in [6.45, 7) is 0. The summed E-state index contributed by atoms with van der Waals surface area (Å²) in [5.41, 5.74) is 0.918. The van der Waals surface area contributed by atoms with Gasteiger partial charge in [0.25, 0.3) is 5.91 Å². The lowest BCUT2D eigenvalue weighted by molar-refractivity contribution is 0.102.